The van der Waals surface area contributed by atoms with E-state index in [1.807, 2.05) is 48.3 Å². The molecule has 0 saturated carbocycles. The molecule has 3 aromatic rings. The lowest BCUT2D eigenvalue weighted by atomic mass is 9.83. The van der Waals surface area contributed by atoms with Crippen LogP contribution in [-0.4, -0.2) is 33.2 Å². The number of benzene rings is 3. The Morgan fingerprint density at radius 1 is 0.957 bits per heavy atom. The number of amides is 1. The van der Waals surface area contributed by atoms with E-state index in [2.05, 4.69) is 57.6 Å². The SMILES string of the molecule is CC/C=C1/C=CC(NC(=O)c2ccc(O)cc2)=CN1/C=C(\C)C(C)=O.CCC(C)CC(C)c1c(C)cc(O)c2cccc(C)c12.CCl. The van der Waals surface area contributed by atoms with Gasteiger partial charge in [-0.1, -0.05) is 58.4 Å². The van der Waals surface area contributed by atoms with Crippen LogP contribution in [-0.2, 0) is 4.79 Å². The lowest BCUT2D eigenvalue weighted by Crippen LogP contribution is -2.25. The zero-order valence-electron chi connectivity index (χ0n) is 29.3. The first-order valence-electron chi connectivity index (χ1n) is 16.1. The summed E-state index contributed by atoms with van der Waals surface area (Å²) in [5.74, 6) is 1.49. The molecule has 0 aliphatic carbocycles. The average Bonchev–Trinajstić information content (AvgIpc) is 3.04. The highest BCUT2D eigenvalue weighted by molar-refractivity contribution is 6.15. The van der Waals surface area contributed by atoms with Crippen molar-refractivity contribution in [3.05, 3.63) is 118 Å². The van der Waals surface area contributed by atoms with E-state index in [4.69, 9.17) is 0 Å². The quantitative estimate of drug-likeness (QED) is 0.157. The first-order valence-corrected chi connectivity index (χ1v) is 16.9. The van der Waals surface area contributed by atoms with Crippen molar-refractivity contribution in [1.82, 2.24) is 10.2 Å². The summed E-state index contributed by atoms with van der Waals surface area (Å²) < 4.78 is 0. The van der Waals surface area contributed by atoms with Gasteiger partial charge >= 0.3 is 0 Å². The predicted octanol–water partition coefficient (Wildman–Crippen LogP) is 10.2. The average molecular weight is 659 g/mol. The second kappa shape index (κ2) is 18.8. The molecule has 1 aliphatic rings. The molecule has 1 aliphatic heterocycles. The number of ketones is 1. The first-order chi connectivity index (χ1) is 22.4. The molecule has 0 saturated heterocycles. The smallest absolute Gasteiger partial charge is 0.255 e. The van der Waals surface area contributed by atoms with Crippen molar-refractivity contribution >= 4 is 34.1 Å². The molecule has 2 atom stereocenters. The minimum absolute atomic E-state index is 0.00604. The second-order valence-corrected chi connectivity index (χ2v) is 12.0. The number of hydrogen-bond acceptors (Lipinski definition) is 5. The molecule has 0 fully saturated rings. The summed E-state index contributed by atoms with van der Waals surface area (Å²) in [5.41, 5.74) is 6.50. The van der Waals surface area contributed by atoms with Gasteiger partial charge < -0.3 is 20.4 Å². The normalized spacial score (nSPS) is 14.8. The number of phenolic OH excluding ortho intramolecular Hbond substituents is 2. The lowest BCUT2D eigenvalue weighted by Gasteiger charge is -2.23. The Morgan fingerprint density at radius 3 is 2.21 bits per heavy atom. The van der Waals surface area contributed by atoms with Gasteiger partial charge in [0.1, 0.15) is 11.5 Å². The van der Waals surface area contributed by atoms with Crippen molar-refractivity contribution in [1.29, 1.82) is 0 Å². The molecule has 0 bridgehead atoms. The summed E-state index contributed by atoms with van der Waals surface area (Å²) in [6, 6.07) is 14.1. The molecule has 1 heterocycles. The molecule has 0 aromatic heterocycles. The number of aromatic hydroxyl groups is 2. The van der Waals surface area contributed by atoms with Crippen molar-refractivity contribution in [3.8, 4) is 11.5 Å². The van der Waals surface area contributed by atoms with Gasteiger partial charge in [0.25, 0.3) is 5.91 Å². The molecule has 6 nitrogen and oxygen atoms in total. The number of fused-ring (bicyclic) bond motifs is 1. The number of halogens is 1. The van der Waals surface area contributed by atoms with Gasteiger partial charge in [0.15, 0.2) is 5.78 Å². The van der Waals surface area contributed by atoms with E-state index < -0.39 is 0 Å². The number of carbonyl (C=O) groups excluding carboxylic acids is 2. The molecule has 1 amide bonds. The zero-order chi connectivity index (χ0) is 35.3. The molecule has 47 heavy (non-hydrogen) atoms. The van der Waals surface area contributed by atoms with E-state index in [0.29, 0.717) is 28.5 Å². The maximum atomic E-state index is 12.3. The van der Waals surface area contributed by atoms with E-state index in [1.165, 1.54) is 60.4 Å². The van der Waals surface area contributed by atoms with Crippen molar-refractivity contribution in [3.63, 3.8) is 0 Å². The minimum Gasteiger partial charge on any atom is -0.508 e. The third-order valence-corrected chi connectivity index (χ3v) is 8.24. The first kappa shape index (κ1) is 38.9. The van der Waals surface area contributed by atoms with Crippen LogP contribution in [0.25, 0.3) is 10.8 Å². The van der Waals surface area contributed by atoms with Gasteiger partial charge in [0, 0.05) is 41.0 Å². The predicted molar refractivity (Wildman–Crippen MR) is 197 cm³/mol. The molecule has 0 spiro atoms. The summed E-state index contributed by atoms with van der Waals surface area (Å²) >= 11 is 4.64. The molecular weight excluding hydrogens is 608 g/mol. The van der Waals surface area contributed by atoms with Crippen molar-refractivity contribution in [2.75, 3.05) is 6.38 Å². The number of hydrogen-bond donors (Lipinski definition) is 3. The van der Waals surface area contributed by atoms with Gasteiger partial charge in [0.05, 0.1) is 5.70 Å². The van der Waals surface area contributed by atoms with Gasteiger partial charge in [0.2, 0.25) is 0 Å². The van der Waals surface area contributed by atoms with Gasteiger partial charge in [-0.05, 0) is 117 Å². The molecule has 252 valence electrons. The van der Waals surface area contributed by atoms with Crippen LogP contribution in [0.5, 0.6) is 11.5 Å². The number of Topliss-reactive ketones (excluding diaryl/α,β-unsaturated/α-hetero) is 1. The van der Waals surface area contributed by atoms with Crippen LogP contribution in [0, 0.1) is 19.8 Å². The maximum absolute atomic E-state index is 12.3. The van der Waals surface area contributed by atoms with Crippen molar-refractivity contribution in [2.24, 2.45) is 5.92 Å². The van der Waals surface area contributed by atoms with Gasteiger partial charge in [-0.3, -0.25) is 9.59 Å². The van der Waals surface area contributed by atoms with E-state index in [0.717, 1.165) is 23.4 Å². The third-order valence-electron chi connectivity index (χ3n) is 8.24. The number of nitrogens with zero attached hydrogens (tertiary/aromatic N) is 1. The van der Waals surface area contributed by atoms with Gasteiger partial charge in [-0.2, -0.15) is 0 Å². The van der Waals surface area contributed by atoms with Crippen LogP contribution in [0.15, 0.2) is 96.1 Å². The summed E-state index contributed by atoms with van der Waals surface area (Å²) in [5, 5.41) is 24.6. The Kier molecular flexibility index (Phi) is 15.5. The highest BCUT2D eigenvalue weighted by Crippen LogP contribution is 2.38. The Labute approximate surface area is 286 Å². The maximum Gasteiger partial charge on any atom is 0.255 e. The molecule has 3 N–H and O–H groups in total. The van der Waals surface area contributed by atoms with Crippen LogP contribution in [0.1, 0.15) is 93.8 Å². The van der Waals surface area contributed by atoms with Crippen LogP contribution in [0.3, 0.4) is 0 Å². The second-order valence-electron chi connectivity index (χ2n) is 12.0. The van der Waals surface area contributed by atoms with E-state index >= 15 is 0 Å². The van der Waals surface area contributed by atoms with Gasteiger partial charge in [-0.15, -0.1) is 11.6 Å². The monoisotopic (exact) mass is 658 g/mol. The molecule has 4 rings (SSSR count). The minimum atomic E-state index is -0.272. The van der Waals surface area contributed by atoms with E-state index in [9.17, 15) is 19.8 Å². The molecule has 7 heteroatoms. The van der Waals surface area contributed by atoms with Gasteiger partial charge in [-0.25, -0.2) is 0 Å². The number of carbonyl (C=O) groups is 2. The molecule has 2 unspecified atom stereocenters. The number of aryl methyl sites for hydroxylation is 2. The summed E-state index contributed by atoms with van der Waals surface area (Å²) in [7, 11) is 0. The topological polar surface area (TPSA) is 89.9 Å². The number of rotatable bonds is 9. The van der Waals surface area contributed by atoms with Crippen LogP contribution < -0.4 is 5.32 Å². The largest absolute Gasteiger partial charge is 0.508 e. The van der Waals surface area contributed by atoms with E-state index in [1.54, 1.807) is 31.5 Å². The van der Waals surface area contributed by atoms with Crippen molar-refractivity contribution < 1.29 is 19.8 Å². The fourth-order valence-corrected chi connectivity index (χ4v) is 5.53. The Bertz CT molecular complexity index is 1650. The highest BCUT2D eigenvalue weighted by Gasteiger charge is 2.18. The Morgan fingerprint density at radius 2 is 1.62 bits per heavy atom. The fraction of sp³-hybridized carbons (Fsp3) is 0.350. The number of alkyl halides is 1. The van der Waals surface area contributed by atoms with Crippen LogP contribution in [0.2, 0.25) is 0 Å². The van der Waals surface area contributed by atoms with Crippen molar-refractivity contribution in [2.45, 2.75) is 80.6 Å². The highest BCUT2D eigenvalue weighted by atomic mass is 35.5. The molecule has 0 radical (unpaired) electrons. The van der Waals surface area contributed by atoms with E-state index in [-0.39, 0.29) is 17.4 Å². The molecular formula is C40H51ClN2O4. The standard InChI is InChI=1S/C20H22N2O3.C19H26O.CH3Cl/c1-4-5-18-9-8-17(13-22(18)12-14(2)15(3)23)21-20(25)16-6-10-19(24)11-7-16;1-6-12(2)10-14(4)18-15(5)11-17(20)16-9-7-8-13(3)19(16)18;1-2/h5-13,24H,4H2,1-3H3,(H,21,25);7-9,11-12,14,20H,6,10H2,1-5H3;1H3/b14-12+,18-5-;;. The van der Waals surface area contributed by atoms with Crippen LogP contribution >= 0.6 is 11.6 Å². The Hall–Kier alpha value is -4.29. The summed E-state index contributed by atoms with van der Waals surface area (Å²) in [4.78, 5) is 25.6. The third kappa shape index (κ3) is 10.9. The number of phenols is 2. The number of nitrogens with one attached hydrogen (secondary N) is 1. The summed E-state index contributed by atoms with van der Waals surface area (Å²) in [6.45, 7) is 16.5. The summed E-state index contributed by atoms with van der Waals surface area (Å²) in [6.07, 6.45) is 14.0. The Balaban J connectivity index is 0.000000317. The fourth-order valence-electron chi connectivity index (χ4n) is 5.53. The zero-order valence-corrected chi connectivity index (χ0v) is 30.1. The number of allylic oxidation sites excluding steroid dienone is 4. The molecule has 3 aromatic carbocycles. The lowest BCUT2D eigenvalue weighted by molar-refractivity contribution is -0.113. The van der Waals surface area contributed by atoms with Crippen LogP contribution in [0.4, 0.5) is 0 Å².